The number of carbonyl (C=O) groups is 1. The Labute approximate surface area is 183 Å². The first-order chi connectivity index (χ1) is 12.3. The summed E-state index contributed by atoms with van der Waals surface area (Å²) in [6.07, 6.45) is 6.15. The third-order valence-electron chi connectivity index (χ3n) is 5.15. The van der Waals surface area contributed by atoms with Gasteiger partial charge in [-0.25, -0.2) is 4.99 Å². The molecule has 7 heteroatoms. The monoisotopic (exact) mass is 496 g/mol. The number of guanidine groups is 1. The van der Waals surface area contributed by atoms with Gasteiger partial charge in [0.25, 0.3) is 0 Å². The van der Waals surface area contributed by atoms with E-state index in [2.05, 4.69) is 36.4 Å². The second-order valence-electron chi connectivity index (χ2n) is 7.92. The molecule has 27 heavy (non-hydrogen) atoms. The van der Waals surface area contributed by atoms with Crippen LogP contribution >= 0.6 is 24.0 Å². The highest BCUT2D eigenvalue weighted by Crippen LogP contribution is 2.23. The molecule has 1 saturated carbocycles. The van der Waals surface area contributed by atoms with Gasteiger partial charge in [0.05, 0.1) is 6.10 Å². The minimum atomic E-state index is 0. The van der Waals surface area contributed by atoms with Crippen molar-refractivity contribution in [3.05, 3.63) is 0 Å². The van der Waals surface area contributed by atoms with E-state index in [1.54, 1.807) is 19.0 Å². The van der Waals surface area contributed by atoms with Gasteiger partial charge in [0.1, 0.15) is 6.54 Å². The van der Waals surface area contributed by atoms with Crippen molar-refractivity contribution in [3.8, 4) is 0 Å². The first-order valence-electron chi connectivity index (χ1n) is 10.2. The van der Waals surface area contributed by atoms with Crippen molar-refractivity contribution < 1.29 is 9.53 Å². The van der Waals surface area contributed by atoms with Crippen LogP contribution in [-0.4, -0.2) is 62.7 Å². The zero-order valence-electron chi connectivity index (χ0n) is 18.1. The second-order valence-corrected chi connectivity index (χ2v) is 7.92. The van der Waals surface area contributed by atoms with Crippen LogP contribution < -0.4 is 10.6 Å². The third kappa shape index (κ3) is 10.5. The lowest BCUT2D eigenvalue weighted by Gasteiger charge is -2.31. The van der Waals surface area contributed by atoms with E-state index in [0.717, 1.165) is 32.0 Å². The molecule has 0 spiro atoms. The molecule has 0 aromatic carbocycles. The minimum absolute atomic E-state index is 0. The molecule has 0 bridgehead atoms. The first kappa shape index (κ1) is 26.4. The number of hydrogen-bond donors (Lipinski definition) is 2. The number of ether oxygens (including phenoxy) is 1. The summed E-state index contributed by atoms with van der Waals surface area (Å²) in [7, 11) is 3.52. The van der Waals surface area contributed by atoms with Gasteiger partial charge in [-0.15, -0.1) is 24.0 Å². The van der Waals surface area contributed by atoms with Gasteiger partial charge in [-0.05, 0) is 38.0 Å². The highest BCUT2D eigenvalue weighted by molar-refractivity contribution is 14.0. The predicted molar refractivity (Wildman–Crippen MR) is 124 cm³/mol. The summed E-state index contributed by atoms with van der Waals surface area (Å²) < 4.78 is 5.82. The van der Waals surface area contributed by atoms with E-state index in [-0.39, 0.29) is 42.5 Å². The van der Waals surface area contributed by atoms with Gasteiger partial charge in [-0.3, -0.25) is 4.79 Å². The molecule has 1 aliphatic rings. The maximum atomic E-state index is 11.9. The summed E-state index contributed by atoms with van der Waals surface area (Å²) in [5.74, 6) is 1.88. The fraction of sp³-hybridized carbons (Fsp3) is 0.900. The molecule has 2 N–H and O–H groups in total. The smallest absolute Gasteiger partial charge is 0.243 e. The van der Waals surface area contributed by atoms with Crippen LogP contribution in [0.2, 0.25) is 0 Å². The van der Waals surface area contributed by atoms with Crippen molar-refractivity contribution in [1.29, 1.82) is 0 Å². The summed E-state index contributed by atoms with van der Waals surface area (Å²) in [5, 5.41) is 6.98. The van der Waals surface area contributed by atoms with E-state index in [1.165, 1.54) is 19.3 Å². The van der Waals surface area contributed by atoms with Crippen molar-refractivity contribution in [1.82, 2.24) is 15.5 Å². The topological polar surface area (TPSA) is 66.0 Å². The van der Waals surface area contributed by atoms with Gasteiger partial charge in [-0.1, -0.05) is 33.6 Å². The summed E-state index contributed by atoms with van der Waals surface area (Å²) in [6.45, 7) is 10.4. The van der Waals surface area contributed by atoms with Crippen molar-refractivity contribution in [2.24, 2.45) is 16.8 Å². The van der Waals surface area contributed by atoms with E-state index in [1.807, 2.05) is 6.92 Å². The van der Waals surface area contributed by atoms with Crippen molar-refractivity contribution in [2.75, 3.05) is 33.8 Å². The van der Waals surface area contributed by atoms with Crippen molar-refractivity contribution in [3.63, 3.8) is 0 Å². The van der Waals surface area contributed by atoms with Crippen LogP contribution in [0.1, 0.15) is 59.8 Å². The van der Waals surface area contributed by atoms with Crippen LogP contribution in [0.4, 0.5) is 0 Å². The Morgan fingerprint density at radius 1 is 1.26 bits per heavy atom. The Balaban J connectivity index is 0.00000676. The molecule has 1 rings (SSSR count). The maximum absolute atomic E-state index is 11.9. The van der Waals surface area contributed by atoms with Crippen LogP contribution in [0.3, 0.4) is 0 Å². The summed E-state index contributed by atoms with van der Waals surface area (Å²) >= 11 is 0. The Morgan fingerprint density at radius 3 is 2.48 bits per heavy atom. The highest BCUT2D eigenvalue weighted by atomic mass is 127. The number of carbonyl (C=O) groups excluding carboxylic acids is 1. The van der Waals surface area contributed by atoms with Gasteiger partial charge in [0.2, 0.25) is 5.91 Å². The fourth-order valence-corrected chi connectivity index (χ4v) is 3.30. The quantitative estimate of drug-likeness (QED) is 0.292. The van der Waals surface area contributed by atoms with Gasteiger partial charge >= 0.3 is 0 Å². The van der Waals surface area contributed by atoms with Crippen LogP contribution in [0.25, 0.3) is 0 Å². The Morgan fingerprint density at radius 2 is 1.93 bits per heavy atom. The van der Waals surface area contributed by atoms with Gasteiger partial charge in [0, 0.05) is 33.3 Å². The molecular formula is C20H41IN4O2. The molecule has 3 unspecified atom stereocenters. The largest absolute Gasteiger partial charge is 0.378 e. The molecule has 1 amide bonds. The molecule has 6 nitrogen and oxygen atoms in total. The van der Waals surface area contributed by atoms with Crippen LogP contribution in [0, 0.1) is 11.8 Å². The summed E-state index contributed by atoms with van der Waals surface area (Å²) in [5.41, 5.74) is 0. The minimum Gasteiger partial charge on any atom is -0.378 e. The van der Waals surface area contributed by atoms with Gasteiger partial charge in [0.15, 0.2) is 5.96 Å². The second kappa shape index (κ2) is 14.4. The number of nitrogens with one attached hydrogen (secondary N) is 2. The molecule has 0 radical (unpaired) electrons. The van der Waals surface area contributed by atoms with Crippen molar-refractivity contribution in [2.45, 2.75) is 71.9 Å². The number of rotatable bonds is 9. The van der Waals surface area contributed by atoms with E-state index >= 15 is 0 Å². The van der Waals surface area contributed by atoms with Crippen LogP contribution in [-0.2, 0) is 9.53 Å². The lowest BCUT2D eigenvalue weighted by Crippen LogP contribution is -2.48. The summed E-state index contributed by atoms with van der Waals surface area (Å²) in [6, 6.07) is 0.428. The molecule has 3 atom stereocenters. The number of amides is 1. The maximum Gasteiger partial charge on any atom is 0.243 e. The molecule has 160 valence electrons. The average molecular weight is 496 g/mol. The lowest BCUT2D eigenvalue weighted by atomic mass is 9.86. The normalized spacial score (nSPS) is 21.4. The zero-order chi connectivity index (χ0) is 19.5. The van der Waals surface area contributed by atoms with E-state index in [4.69, 9.17) is 4.74 Å². The highest BCUT2D eigenvalue weighted by Gasteiger charge is 2.22. The van der Waals surface area contributed by atoms with Gasteiger partial charge in [-0.2, -0.15) is 0 Å². The molecular weight excluding hydrogens is 455 g/mol. The Hall–Kier alpha value is -0.570. The number of aliphatic imine (C=N–C) groups is 1. The van der Waals surface area contributed by atoms with E-state index < -0.39 is 0 Å². The van der Waals surface area contributed by atoms with E-state index in [0.29, 0.717) is 17.9 Å². The molecule has 0 aromatic heterocycles. The fourth-order valence-electron chi connectivity index (χ4n) is 3.30. The Kier molecular flexibility index (Phi) is 14.1. The molecule has 1 aliphatic carbocycles. The molecule has 0 heterocycles. The Bertz CT molecular complexity index is 444. The first-order valence-corrected chi connectivity index (χ1v) is 10.2. The number of halogens is 1. The third-order valence-corrected chi connectivity index (χ3v) is 5.15. The van der Waals surface area contributed by atoms with E-state index in [9.17, 15) is 4.79 Å². The molecule has 0 saturated heterocycles. The van der Waals surface area contributed by atoms with Crippen molar-refractivity contribution >= 4 is 35.8 Å². The lowest BCUT2D eigenvalue weighted by molar-refractivity contribution is -0.127. The number of likely N-dealkylation sites (N-methyl/N-ethyl adjacent to an activating group) is 1. The average Bonchev–Trinajstić information content (AvgIpc) is 2.59. The van der Waals surface area contributed by atoms with Gasteiger partial charge < -0.3 is 20.3 Å². The number of hydrogen-bond acceptors (Lipinski definition) is 3. The SMILES string of the molecule is CCOC(CCNC(=NCC(=O)N(C)C)NC1CCCCC1C)C(C)C.I. The predicted octanol–water partition coefficient (Wildman–Crippen LogP) is 3.26. The summed E-state index contributed by atoms with van der Waals surface area (Å²) in [4.78, 5) is 18.0. The number of nitrogens with zero attached hydrogens (tertiary/aromatic N) is 2. The zero-order valence-corrected chi connectivity index (χ0v) is 20.4. The van der Waals surface area contributed by atoms with Crippen LogP contribution in [0.15, 0.2) is 4.99 Å². The molecule has 0 aromatic rings. The molecule has 0 aliphatic heterocycles. The standard InChI is InChI=1S/C20H40N4O2.HI/c1-7-26-18(15(2)3)12-13-21-20(22-14-19(25)24(5)6)23-17-11-9-8-10-16(17)4;/h15-18H,7-14H2,1-6H3,(H2,21,22,23);1H. The molecule has 1 fully saturated rings. The van der Waals surface area contributed by atoms with Crippen LogP contribution in [0.5, 0.6) is 0 Å².